The zero-order chi connectivity index (χ0) is 22.4. The molecule has 3 rings (SSSR count). The first-order valence-corrected chi connectivity index (χ1v) is 12.0. The SMILES string of the molecule is CCOc1cc(C(=O)Nc2ccc(N3CCCS3(=O)=O)cc2)cc(OCC)c1OCC. The molecule has 1 fully saturated rings. The van der Waals surface area contributed by atoms with Crippen molar-refractivity contribution in [1.29, 1.82) is 0 Å². The fourth-order valence-electron chi connectivity index (χ4n) is 3.36. The Balaban J connectivity index is 1.82. The lowest BCUT2D eigenvalue weighted by atomic mass is 10.1. The zero-order valence-electron chi connectivity index (χ0n) is 18.0. The summed E-state index contributed by atoms with van der Waals surface area (Å²) in [5.74, 6) is 1.17. The van der Waals surface area contributed by atoms with Gasteiger partial charge in [0.2, 0.25) is 15.8 Å². The van der Waals surface area contributed by atoms with Crippen LogP contribution in [-0.4, -0.2) is 46.4 Å². The summed E-state index contributed by atoms with van der Waals surface area (Å²) in [6.45, 7) is 7.31. The van der Waals surface area contributed by atoms with Gasteiger partial charge in [0.05, 0.1) is 31.3 Å². The molecule has 31 heavy (non-hydrogen) atoms. The molecular weight excluding hydrogens is 420 g/mol. The fourth-order valence-corrected chi connectivity index (χ4v) is 4.93. The molecule has 0 spiro atoms. The number of carbonyl (C=O) groups excluding carboxylic acids is 1. The second kappa shape index (κ2) is 9.91. The van der Waals surface area contributed by atoms with Crippen molar-refractivity contribution in [2.24, 2.45) is 0 Å². The first-order chi connectivity index (χ1) is 14.9. The molecule has 0 unspecified atom stereocenters. The van der Waals surface area contributed by atoms with Crippen molar-refractivity contribution in [2.45, 2.75) is 27.2 Å². The number of amides is 1. The van der Waals surface area contributed by atoms with Crippen molar-refractivity contribution < 1.29 is 27.4 Å². The number of anilines is 2. The molecule has 1 heterocycles. The molecule has 2 aromatic rings. The van der Waals surface area contributed by atoms with Crippen LogP contribution >= 0.6 is 0 Å². The van der Waals surface area contributed by atoms with E-state index in [1.165, 1.54) is 4.31 Å². The van der Waals surface area contributed by atoms with Gasteiger partial charge in [0, 0.05) is 17.8 Å². The van der Waals surface area contributed by atoms with Crippen LogP contribution in [0, 0.1) is 0 Å². The third kappa shape index (κ3) is 5.22. The Morgan fingerprint density at radius 2 is 1.55 bits per heavy atom. The first kappa shape index (κ1) is 22.7. The lowest BCUT2D eigenvalue weighted by molar-refractivity contribution is 0.102. The Labute approximate surface area is 183 Å². The molecule has 1 saturated heterocycles. The molecule has 1 N–H and O–H groups in total. The summed E-state index contributed by atoms with van der Waals surface area (Å²) in [7, 11) is -3.24. The Morgan fingerprint density at radius 1 is 0.968 bits per heavy atom. The molecule has 9 heteroatoms. The minimum atomic E-state index is -3.24. The molecule has 1 aliphatic rings. The number of hydrogen-bond acceptors (Lipinski definition) is 6. The topological polar surface area (TPSA) is 94.2 Å². The van der Waals surface area contributed by atoms with E-state index in [4.69, 9.17) is 14.2 Å². The molecular formula is C22H28N2O6S. The van der Waals surface area contributed by atoms with Crippen molar-refractivity contribution >= 4 is 27.3 Å². The average molecular weight is 449 g/mol. The van der Waals surface area contributed by atoms with Crippen molar-refractivity contribution in [1.82, 2.24) is 0 Å². The molecule has 1 aliphatic heterocycles. The standard InChI is InChI=1S/C22H28N2O6S/c1-4-28-19-14-16(15-20(29-5-2)21(19)30-6-3)22(25)23-17-8-10-18(11-9-17)24-12-7-13-31(24,26)27/h8-11,14-15H,4-7,12-13H2,1-3H3,(H,23,25). The predicted molar refractivity (Wildman–Crippen MR) is 120 cm³/mol. The molecule has 0 bridgehead atoms. The van der Waals surface area contributed by atoms with Crippen molar-refractivity contribution in [3.05, 3.63) is 42.0 Å². The number of nitrogens with one attached hydrogen (secondary N) is 1. The van der Waals surface area contributed by atoms with E-state index in [-0.39, 0.29) is 11.7 Å². The molecule has 0 aliphatic carbocycles. The van der Waals surface area contributed by atoms with Crippen LogP contribution < -0.4 is 23.8 Å². The van der Waals surface area contributed by atoms with Crippen LogP contribution in [-0.2, 0) is 10.0 Å². The smallest absolute Gasteiger partial charge is 0.255 e. The Bertz CT molecular complexity index is 994. The summed E-state index contributed by atoms with van der Waals surface area (Å²) in [5, 5.41) is 2.83. The molecule has 1 amide bonds. The van der Waals surface area contributed by atoms with Crippen molar-refractivity contribution in [3.63, 3.8) is 0 Å². The van der Waals surface area contributed by atoms with Crippen LogP contribution in [0.2, 0.25) is 0 Å². The van der Waals surface area contributed by atoms with Crippen LogP contribution in [0.25, 0.3) is 0 Å². The summed E-state index contributed by atoms with van der Waals surface area (Å²) in [4.78, 5) is 12.9. The summed E-state index contributed by atoms with van der Waals surface area (Å²) in [6.07, 6.45) is 0.614. The van der Waals surface area contributed by atoms with Crippen molar-refractivity contribution in [2.75, 3.05) is 41.7 Å². The van der Waals surface area contributed by atoms with Gasteiger partial charge in [0.1, 0.15) is 0 Å². The normalized spacial score (nSPS) is 14.9. The molecule has 0 radical (unpaired) electrons. The molecule has 0 saturated carbocycles. The van der Waals surface area contributed by atoms with E-state index in [0.717, 1.165) is 0 Å². The lowest BCUT2D eigenvalue weighted by Crippen LogP contribution is -2.25. The largest absolute Gasteiger partial charge is 0.490 e. The average Bonchev–Trinajstić information content (AvgIpc) is 3.10. The van der Waals surface area contributed by atoms with Gasteiger partial charge in [-0.2, -0.15) is 0 Å². The number of carbonyl (C=O) groups is 1. The second-order valence-electron chi connectivity index (χ2n) is 6.84. The Kier molecular flexibility index (Phi) is 7.27. The summed E-state index contributed by atoms with van der Waals surface area (Å²) in [5.41, 5.74) is 1.51. The third-order valence-corrected chi connectivity index (χ3v) is 6.55. The lowest BCUT2D eigenvalue weighted by Gasteiger charge is -2.18. The fraction of sp³-hybridized carbons (Fsp3) is 0.409. The van der Waals surface area contributed by atoms with E-state index in [2.05, 4.69) is 5.32 Å². The van der Waals surface area contributed by atoms with Crippen LogP contribution in [0.4, 0.5) is 11.4 Å². The predicted octanol–water partition coefficient (Wildman–Crippen LogP) is 3.67. The van der Waals surface area contributed by atoms with Crippen molar-refractivity contribution in [3.8, 4) is 17.2 Å². The minimum absolute atomic E-state index is 0.160. The van der Waals surface area contributed by atoms with Gasteiger partial charge in [-0.3, -0.25) is 9.10 Å². The molecule has 2 aromatic carbocycles. The second-order valence-corrected chi connectivity index (χ2v) is 8.86. The minimum Gasteiger partial charge on any atom is -0.490 e. The highest BCUT2D eigenvalue weighted by Gasteiger charge is 2.28. The van der Waals surface area contributed by atoms with Gasteiger partial charge in [0.25, 0.3) is 5.91 Å². The quantitative estimate of drug-likeness (QED) is 0.629. The maximum atomic E-state index is 12.9. The van der Waals surface area contributed by atoms with E-state index >= 15 is 0 Å². The van der Waals surface area contributed by atoms with Gasteiger partial charge in [0.15, 0.2) is 11.5 Å². The van der Waals surface area contributed by atoms with Gasteiger partial charge in [-0.25, -0.2) is 8.42 Å². The third-order valence-electron chi connectivity index (χ3n) is 4.68. The van der Waals surface area contributed by atoms with Crippen LogP contribution in [0.5, 0.6) is 17.2 Å². The van der Waals surface area contributed by atoms with E-state index < -0.39 is 10.0 Å². The summed E-state index contributed by atoms with van der Waals surface area (Å²) in [6, 6.07) is 9.99. The summed E-state index contributed by atoms with van der Waals surface area (Å²) >= 11 is 0. The Morgan fingerprint density at radius 3 is 2.03 bits per heavy atom. The van der Waals surface area contributed by atoms with E-state index in [0.29, 0.717) is 67.0 Å². The van der Waals surface area contributed by atoms with E-state index in [9.17, 15) is 13.2 Å². The van der Waals surface area contributed by atoms with Gasteiger partial charge in [-0.05, 0) is 63.6 Å². The van der Waals surface area contributed by atoms with Crippen LogP contribution in [0.1, 0.15) is 37.6 Å². The number of sulfonamides is 1. The Hall–Kier alpha value is -2.94. The number of nitrogens with zero attached hydrogens (tertiary/aromatic N) is 1. The highest BCUT2D eigenvalue weighted by molar-refractivity contribution is 7.93. The van der Waals surface area contributed by atoms with Gasteiger partial charge < -0.3 is 19.5 Å². The maximum absolute atomic E-state index is 12.9. The zero-order valence-corrected chi connectivity index (χ0v) is 18.8. The number of rotatable bonds is 9. The number of ether oxygens (including phenoxy) is 3. The highest BCUT2D eigenvalue weighted by Crippen LogP contribution is 2.39. The van der Waals surface area contributed by atoms with E-state index in [1.54, 1.807) is 36.4 Å². The number of benzene rings is 2. The summed E-state index contributed by atoms with van der Waals surface area (Å²) < 4.78 is 42.5. The monoisotopic (exact) mass is 448 g/mol. The molecule has 8 nitrogen and oxygen atoms in total. The highest BCUT2D eigenvalue weighted by atomic mass is 32.2. The maximum Gasteiger partial charge on any atom is 0.255 e. The number of hydrogen-bond donors (Lipinski definition) is 1. The van der Waals surface area contributed by atoms with Gasteiger partial charge in [-0.15, -0.1) is 0 Å². The first-order valence-electron chi connectivity index (χ1n) is 10.4. The van der Waals surface area contributed by atoms with E-state index in [1.807, 2.05) is 20.8 Å². The molecule has 0 atom stereocenters. The van der Waals surface area contributed by atoms with Gasteiger partial charge >= 0.3 is 0 Å². The van der Waals surface area contributed by atoms with Crippen LogP contribution in [0.3, 0.4) is 0 Å². The molecule has 0 aromatic heterocycles. The van der Waals surface area contributed by atoms with Crippen LogP contribution in [0.15, 0.2) is 36.4 Å². The van der Waals surface area contributed by atoms with Gasteiger partial charge in [-0.1, -0.05) is 0 Å². The molecule has 168 valence electrons.